The zero-order valence-electron chi connectivity index (χ0n) is 11.5. The molecule has 21 heavy (non-hydrogen) atoms. The van der Waals surface area contributed by atoms with Gasteiger partial charge in [0.05, 0.1) is 16.5 Å². The molecule has 2 amide bonds. The largest absolute Gasteiger partial charge is 0.354 e. The van der Waals surface area contributed by atoms with E-state index in [0.29, 0.717) is 23.7 Å². The fourth-order valence-electron chi connectivity index (χ4n) is 2.13. The highest BCUT2D eigenvalue weighted by atomic mass is 35.5. The van der Waals surface area contributed by atoms with Gasteiger partial charge in [-0.15, -0.1) is 12.4 Å². The molecule has 0 saturated carbocycles. The molecule has 1 aliphatic heterocycles. The van der Waals surface area contributed by atoms with Crippen LogP contribution in [0.4, 0.5) is 0 Å². The molecule has 0 radical (unpaired) electrons. The zero-order chi connectivity index (χ0) is 14.4. The van der Waals surface area contributed by atoms with Crippen LogP contribution in [0.1, 0.15) is 16.8 Å². The lowest BCUT2D eigenvalue weighted by molar-refractivity contribution is -0.124. The molecule has 7 heteroatoms. The first kappa shape index (κ1) is 17.8. The molecule has 3 N–H and O–H groups in total. The number of carbonyl (C=O) groups is 2. The third-order valence-corrected chi connectivity index (χ3v) is 3.59. The second kappa shape index (κ2) is 8.87. The Bertz CT molecular complexity index is 491. The van der Waals surface area contributed by atoms with E-state index in [1.165, 1.54) is 0 Å². The van der Waals surface area contributed by atoms with Crippen molar-refractivity contribution in [2.75, 3.05) is 26.2 Å². The number of nitrogens with one attached hydrogen (secondary N) is 3. The van der Waals surface area contributed by atoms with Crippen molar-refractivity contribution in [3.63, 3.8) is 0 Å². The Hall–Kier alpha value is -1.30. The van der Waals surface area contributed by atoms with Crippen LogP contribution in [0.5, 0.6) is 0 Å². The van der Waals surface area contributed by atoms with E-state index < -0.39 is 0 Å². The number of carbonyl (C=O) groups excluding carboxylic acids is 2. The van der Waals surface area contributed by atoms with Crippen LogP contribution >= 0.6 is 24.0 Å². The van der Waals surface area contributed by atoms with Gasteiger partial charge in [-0.1, -0.05) is 23.7 Å². The van der Waals surface area contributed by atoms with E-state index in [4.69, 9.17) is 11.6 Å². The average molecular weight is 332 g/mol. The molecule has 0 spiro atoms. The maximum Gasteiger partial charge on any atom is 0.252 e. The maximum atomic E-state index is 11.8. The van der Waals surface area contributed by atoms with E-state index in [0.717, 1.165) is 19.5 Å². The highest BCUT2D eigenvalue weighted by Gasteiger charge is 2.21. The van der Waals surface area contributed by atoms with Crippen LogP contribution in [-0.2, 0) is 4.79 Å². The predicted molar refractivity (Wildman–Crippen MR) is 85.0 cm³/mol. The van der Waals surface area contributed by atoms with Crippen molar-refractivity contribution < 1.29 is 9.59 Å². The summed E-state index contributed by atoms with van der Waals surface area (Å²) in [4.78, 5) is 23.6. The normalized spacial score (nSPS) is 16.9. The Morgan fingerprint density at radius 2 is 1.95 bits per heavy atom. The van der Waals surface area contributed by atoms with E-state index in [2.05, 4.69) is 16.0 Å². The van der Waals surface area contributed by atoms with E-state index >= 15 is 0 Å². The summed E-state index contributed by atoms with van der Waals surface area (Å²) >= 11 is 5.93. The first-order valence-corrected chi connectivity index (χ1v) is 7.07. The van der Waals surface area contributed by atoms with Gasteiger partial charge in [-0.25, -0.2) is 0 Å². The minimum atomic E-state index is -0.229. The van der Waals surface area contributed by atoms with Crippen LogP contribution in [0.2, 0.25) is 5.02 Å². The molecule has 1 aromatic carbocycles. The van der Waals surface area contributed by atoms with Crippen LogP contribution in [-0.4, -0.2) is 38.0 Å². The topological polar surface area (TPSA) is 70.2 Å². The van der Waals surface area contributed by atoms with Gasteiger partial charge in [0.25, 0.3) is 5.91 Å². The van der Waals surface area contributed by atoms with Gasteiger partial charge in [0.2, 0.25) is 5.91 Å². The van der Waals surface area contributed by atoms with Gasteiger partial charge in [0, 0.05) is 19.6 Å². The second-order valence-electron chi connectivity index (χ2n) is 4.72. The first-order chi connectivity index (χ1) is 9.68. The fraction of sp³-hybridized carbons (Fsp3) is 0.429. The van der Waals surface area contributed by atoms with E-state index in [1.807, 2.05) is 0 Å². The molecule has 1 atom stereocenters. The molecule has 1 heterocycles. The molecular formula is C14H19Cl2N3O2. The van der Waals surface area contributed by atoms with Crippen LogP contribution < -0.4 is 16.0 Å². The molecule has 5 nitrogen and oxygen atoms in total. The lowest BCUT2D eigenvalue weighted by Crippen LogP contribution is -2.38. The number of amides is 2. The molecule has 0 bridgehead atoms. The molecule has 1 saturated heterocycles. The predicted octanol–water partition coefficient (Wildman–Crippen LogP) is 1.22. The van der Waals surface area contributed by atoms with Crippen molar-refractivity contribution in [3.8, 4) is 0 Å². The summed E-state index contributed by atoms with van der Waals surface area (Å²) in [5.41, 5.74) is 0.445. The number of hydrogen-bond donors (Lipinski definition) is 3. The van der Waals surface area contributed by atoms with Crippen LogP contribution in [0.25, 0.3) is 0 Å². The zero-order valence-corrected chi connectivity index (χ0v) is 13.1. The van der Waals surface area contributed by atoms with Crippen LogP contribution in [0.15, 0.2) is 24.3 Å². The van der Waals surface area contributed by atoms with Crippen molar-refractivity contribution in [2.45, 2.75) is 6.42 Å². The maximum absolute atomic E-state index is 11.8. The Morgan fingerprint density at radius 1 is 1.24 bits per heavy atom. The summed E-state index contributed by atoms with van der Waals surface area (Å²) in [7, 11) is 0. The Morgan fingerprint density at radius 3 is 2.62 bits per heavy atom. The number of rotatable bonds is 5. The summed E-state index contributed by atoms with van der Waals surface area (Å²) in [6.45, 7) is 2.43. The van der Waals surface area contributed by atoms with E-state index in [1.54, 1.807) is 24.3 Å². The molecule has 0 aliphatic carbocycles. The lowest BCUT2D eigenvalue weighted by Gasteiger charge is -2.10. The highest BCUT2D eigenvalue weighted by Crippen LogP contribution is 2.14. The summed E-state index contributed by atoms with van der Waals surface area (Å²) < 4.78 is 0. The molecule has 1 aliphatic rings. The molecule has 1 aromatic rings. The van der Waals surface area contributed by atoms with Crippen LogP contribution in [0.3, 0.4) is 0 Å². The summed E-state index contributed by atoms with van der Waals surface area (Å²) in [6.07, 6.45) is 0.873. The molecule has 1 unspecified atom stereocenters. The highest BCUT2D eigenvalue weighted by molar-refractivity contribution is 6.33. The van der Waals surface area contributed by atoms with Gasteiger partial charge in [0.1, 0.15) is 0 Å². The van der Waals surface area contributed by atoms with Crippen molar-refractivity contribution in [1.29, 1.82) is 0 Å². The van der Waals surface area contributed by atoms with Gasteiger partial charge in [-0.05, 0) is 25.1 Å². The Kier molecular flexibility index (Phi) is 7.50. The Balaban J connectivity index is 0.00000220. The SMILES string of the molecule is Cl.O=C(NCCNC(=O)C1CCNC1)c1ccccc1Cl. The Labute approximate surface area is 135 Å². The number of hydrogen-bond acceptors (Lipinski definition) is 3. The monoisotopic (exact) mass is 331 g/mol. The van der Waals surface area contributed by atoms with Crippen molar-refractivity contribution in [1.82, 2.24) is 16.0 Å². The van der Waals surface area contributed by atoms with E-state index in [-0.39, 0.29) is 30.1 Å². The third kappa shape index (κ3) is 5.19. The summed E-state index contributed by atoms with van der Waals surface area (Å²) in [5.74, 6) is -0.136. The number of halogens is 2. The fourth-order valence-corrected chi connectivity index (χ4v) is 2.35. The number of benzene rings is 1. The summed E-state index contributed by atoms with van der Waals surface area (Å²) in [5, 5.41) is 9.12. The van der Waals surface area contributed by atoms with Crippen molar-refractivity contribution >= 4 is 35.8 Å². The average Bonchev–Trinajstić information content (AvgIpc) is 2.98. The van der Waals surface area contributed by atoms with Crippen molar-refractivity contribution in [3.05, 3.63) is 34.9 Å². The second-order valence-corrected chi connectivity index (χ2v) is 5.12. The minimum absolute atomic E-state index is 0. The van der Waals surface area contributed by atoms with Gasteiger partial charge in [-0.3, -0.25) is 9.59 Å². The van der Waals surface area contributed by atoms with Gasteiger partial charge >= 0.3 is 0 Å². The van der Waals surface area contributed by atoms with Gasteiger partial charge in [0.15, 0.2) is 0 Å². The minimum Gasteiger partial charge on any atom is -0.354 e. The van der Waals surface area contributed by atoms with Gasteiger partial charge in [-0.2, -0.15) is 0 Å². The smallest absolute Gasteiger partial charge is 0.252 e. The molecule has 1 fully saturated rings. The molecular weight excluding hydrogens is 313 g/mol. The van der Waals surface area contributed by atoms with Crippen molar-refractivity contribution in [2.24, 2.45) is 5.92 Å². The summed E-state index contributed by atoms with van der Waals surface area (Å²) in [6, 6.07) is 6.87. The molecule has 116 valence electrons. The van der Waals surface area contributed by atoms with Crippen LogP contribution in [0, 0.1) is 5.92 Å². The van der Waals surface area contributed by atoms with Gasteiger partial charge < -0.3 is 16.0 Å². The standard InChI is InChI=1S/C14H18ClN3O2.ClH/c15-12-4-2-1-3-11(12)14(20)18-8-7-17-13(19)10-5-6-16-9-10;/h1-4,10,16H,5-9H2,(H,17,19)(H,18,20);1H. The quantitative estimate of drug-likeness (QED) is 0.710. The first-order valence-electron chi connectivity index (χ1n) is 6.69. The third-order valence-electron chi connectivity index (χ3n) is 3.26. The molecule has 2 rings (SSSR count). The van der Waals surface area contributed by atoms with E-state index in [9.17, 15) is 9.59 Å². The molecule has 0 aromatic heterocycles. The lowest BCUT2D eigenvalue weighted by atomic mass is 10.1.